The van der Waals surface area contributed by atoms with Crippen LogP contribution in [0.15, 0.2) is 71.2 Å². The summed E-state index contributed by atoms with van der Waals surface area (Å²) in [5.41, 5.74) is 3.46. The number of rotatable bonds is 7. The molecule has 1 saturated heterocycles. The minimum absolute atomic E-state index is 0.724. The molecule has 2 aromatic heterocycles. The average Bonchev–Trinajstić information content (AvgIpc) is 3.47. The van der Waals surface area contributed by atoms with E-state index in [1.54, 1.807) is 23.1 Å². The Labute approximate surface area is 189 Å². The number of nitrogens with zero attached hydrogens (tertiary/aromatic N) is 5. The number of aromatic nitrogens is 4. The summed E-state index contributed by atoms with van der Waals surface area (Å²) >= 11 is 3.37. The molecule has 0 unspecified atom stereocenters. The van der Waals surface area contributed by atoms with Crippen molar-refractivity contribution in [1.82, 2.24) is 19.7 Å². The third kappa shape index (κ3) is 4.81. The zero-order chi connectivity index (χ0) is 20.9. The maximum absolute atomic E-state index is 5.52. The molecule has 4 aromatic rings. The van der Waals surface area contributed by atoms with Crippen LogP contribution in [-0.4, -0.2) is 46.1 Å². The van der Waals surface area contributed by atoms with Gasteiger partial charge < -0.3 is 9.64 Å². The second kappa shape index (κ2) is 9.64. The third-order valence-electron chi connectivity index (χ3n) is 5.10. The maximum Gasteiger partial charge on any atom is 0.228 e. The lowest BCUT2D eigenvalue weighted by Gasteiger charge is -2.28. The van der Waals surface area contributed by atoms with Crippen molar-refractivity contribution in [1.29, 1.82) is 0 Å². The topological polar surface area (TPSA) is 56.1 Å². The second-order valence-electron chi connectivity index (χ2n) is 7.25. The van der Waals surface area contributed by atoms with Gasteiger partial charge in [0.15, 0.2) is 5.16 Å². The number of thiazole rings is 1. The Kier molecular flexibility index (Phi) is 6.29. The Morgan fingerprint density at radius 3 is 2.45 bits per heavy atom. The van der Waals surface area contributed by atoms with Gasteiger partial charge in [-0.1, -0.05) is 72.4 Å². The zero-order valence-electron chi connectivity index (χ0n) is 17.1. The van der Waals surface area contributed by atoms with E-state index >= 15 is 0 Å². The minimum Gasteiger partial charge on any atom is -0.378 e. The van der Waals surface area contributed by atoms with E-state index in [1.807, 2.05) is 24.3 Å². The van der Waals surface area contributed by atoms with Gasteiger partial charge in [-0.15, -0.1) is 21.5 Å². The number of hydrogen-bond acceptors (Lipinski definition) is 7. The van der Waals surface area contributed by atoms with Gasteiger partial charge in [-0.3, -0.25) is 4.57 Å². The molecule has 0 bridgehead atoms. The van der Waals surface area contributed by atoms with Crippen molar-refractivity contribution in [2.24, 2.45) is 0 Å². The minimum atomic E-state index is 0.724. The number of anilines is 1. The first kappa shape index (κ1) is 20.2. The predicted molar refractivity (Wildman–Crippen MR) is 126 cm³/mol. The fourth-order valence-corrected chi connectivity index (χ4v) is 5.27. The van der Waals surface area contributed by atoms with Crippen LogP contribution in [0.3, 0.4) is 0 Å². The van der Waals surface area contributed by atoms with Crippen LogP contribution in [0.2, 0.25) is 0 Å². The van der Waals surface area contributed by atoms with Gasteiger partial charge in [-0.25, -0.2) is 4.98 Å². The highest BCUT2D eigenvalue weighted by atomic mass is 32.2. The summed E-state index contributed by atoms with van der Waals surface area (Å²) in [5.74, 6) is 1.68. The van der Waals surface area contributed by atoms with Crippen molar-refractivity contribution in [3.63, 3.8) is 0 Å². The van der Waals surface area contributed by atoms with Crippen LogP contribution < -0.4 is 4.90 Å². The van der Waals surface area contributed by atoms with Gasteiger partial charge in [-0.05, 0) is 5.56 Å². The quantitative estimate of drug-likeness (QED) is 0.385. The summed E-state index contributed by atoms with van der Waals surface area (Å²) in [7, 11) is 0. The Hall–Kier alpha value is -2.68. The molecule has 0 saturated carbocycles. The van der Waals surface area contributed by atoms with Crippen molar-refractivity contribution in [3.8, 4) is 10.6 Å². The molecule has 3 heterocycles. The van der Waals surface area contributed by atoms with E-state index in [2.05, 4.69) is 61.4 Å². The smallest absolute Gasteiger partial charge is 0.228 e. The highest BCUT2D eigenvalue weighted by molar-refractivity contribution is 7.98. The fourth-order valence-electron chi connectivity index (χ4n) is 3.51. The molecule has 1 aliphatic rings. The Balaban J connectivity index is 1.36. The normalized spacial score (nSPS) is 14.1. The van der Waals surface area contributed by atoms with Crippen molar-refractivity contribution in [2.75, 3.05) is 31.2 Å². The molecule has 158 valence electrons. The Bertz CT molecular complexity index is 1110. The van der Waals surface area contributed by atoms with Crippen LogP contribution in [0, 0.1) is 0 Å². The molecule has 0 N–H and O–H groups in total. The Morgan fingerprint density at radius 2 is 1.68 bits per heavy atom. The molecule has 0 aliphatic carbocycles. The van der Waals surface area contributed by atoms with Crippen LogP contribution in [0.25, 0.3) is 10.6 Å². The summed E-state index contributed by atoms with van der Waals surface area (Å²) in [4.78, 5) is 7.08. The highest BCUT2D eigenvalue weighted by Crippen LogP contribution is 2.29. The van der Waals surface area contributed by atoms with E-state index in [0.717, 1.165) is 66.0 Å². The average molecular weight is 450 g/mol. The van der Waals surface area contributed by atoms with Crippen LogP contribution in [0.4, 0.5) is 5.95 Å². The van der Waals surface area contributed by atoms with Crippen LogP contribution in [-0.2, 0) is 17.0 Å². The third-order valence-corrected chi connectivity index (χ3v) is 7.04. The lowest BCUT2D eigenvalue weighted by molar-refractivity contribution is 0.121. The van der Waals surface area contributed by atoms with Gasteiger partial charge in [0.2, 0.25) is 5.95 Å². The first-order valence-corrected chi connectivity index (χ1v) is 12.2. The van der Waals surface area contributed by atoms with Crippen LogP contribution >= 0.6 is 23.1 Å². The van der Waals surface area contributed by atoms with E-state index in [1.165, 1.54) is 5.56 Å². The predicted octanol–water partition coefficient (Wildman–Crippen LogP) is 4.58. The number of morpholine rings is 1. The van der Waals surface area contributed by atoms with Crippen molar-refractivity contribution < 1.29 is 4.74 Å². The fraction of sp³-hybridized carbons (Fsp3) is 0.261. The van der Waals surface area contributed by atoms with Gasteiger partial charge in [0.1, 0.15) is 5.01 Å². The van der Waals surface area contributed by atoms with Crippen molar-refractivity contribution >= 4 is 29.0 Å². The second-order valence-corrected chi connectivity index (χ2v) is 9.05. The summed E-state index contributed by atoms with van der Waals surface area (Å²) in [5, 5.41) is 13.2. The van der Waals surface area contributed by atoms with Gasteiger partial charge in [-0.2, -0.15) is 0 Å². The van der Waals surface area contributed by atoms with E-state index in [4.69, 9.17) is 9.72 Å². The lowest BCUT2D eigenvalue weighted by Crippen LogP contribution is -2.38. The maximum atomic E-state index is 5.52. The lowest BCUT2D eigenvalue weighted by atomic mass is 10.2. The van der Waals surface area contributed by atoms with Gasteiger partial charge in [0.25, 0.3) is 0 Å². The van der Waals surface area contributed by atoms with Gasteiger partial charge >= 0.3 is 0 Å². The summed E-state index contributed by atoms with van der Waals surface area (Å²) in [6.45, 7) is 3.87. The molecule has 0 amide bonds. The first-order valence-electron chi connectivity index (χ1n) is 10.3. The molecule has 2 aromatic carbocycles. The molecule has 1 fully saturated rings. The largest absolute Gasteiger partial charge is 0.378 e. The molecule has 0 radical (unpaired) electrons. The molecule has 0 atom stereocenters. The number of thioether (sulfide) groups is 1. The monoisotopic (exact) mass is 449 g/mol. The highest BCUT2D eigenvalue weighted by Gasteiger charge is 2.21. The number of benzene rings is 2. The molecular weight excluding hydrogens is 426 g/mol. The summed E-state index contributed by atoms with van der Waals surface area (Å²) in [6, 6.07) is 20.8. The zero-order valence-corrected chi connectivity index (χ0v) is 18.7. The van der Waals surface area contributed by atoms with Crippen LogP contribution in [0.5, 0.6) is 0 Å². The van der Waals surface area contributed by atoms with E-state index in [-0.39, 0.29) is 0 Å². The van der Waals surface area contributed by atoms with E-state index in [9.17, 15) is 0 Å². The molecule has 5 rings (SSSR count). The molecule has 31 heavy (non-hydrogen) atoms. The van der Waals surface area contributed by atoms with E-state index < -0.39 is 0 Å². The molecular formula is C23H23N5OS2. The standard InChI is InChI=1S/C23H23N5OS2/c1-3-7-18(8-4-1)15-28-22(27-11-13-29-14-12-27)25-26-23(28)31-17-20-16-30-21(24-20)19-9-5-2-6-10-19/h1-10,16H,11-15,17H2. The van der Waals surface area contributed by atoms with Crippen LogP contribution in [0.1, 0.15) is 11.3 Å². The number of ether oxygens (including phenoxy) is 1. The van der Waals surface area contributed by atoms with E-state index in [0.29, 0.717) is 0 Å². The Morgan fingerprint density at radius 1 is 0.935 bits per heavy atom. The SMILES string of the molecule is c1ccc(Cn2c(SCc3csc(-c4ccccc4)n3)nnc2N2CCOCC2)cc1. The van der Waals surface area contributed by atoms with Crippen molar-refractivity contribution in [3.05, 3.63) is 77.3 Å². The molecule has 6 nitrogen and oxygen atoms in total. The van der Waals surface area contributed by atoms with Crippen molar-refractivity contribution in [2.45, 2.75) is 17.5 Å². The number of hydrogen-bond donors (Lipinski definition) is 0. The molecule has 0 spiro atoms. The molecule has 1 aliphatic heterocycles. The summed E-state index contributed by atoms with van der Waals surface area (Å²) < 4.78 is 7.74. The summed E-state index contributed by atoms with van der Waals surface area (Å²) in [6.07, 6.45) is 0. The van der Waals surface area contributed by atoms with Gasteiger partial charge in [0, 0.05) is 29.8 Å². The van der Waals surface area contributed by atoms with Gasteiger partial charge in [0.05, 0.1) is 25.5 Å². The molecule has 8 heteroatoms. The first-order chi connectivity index (χ1) is 15.4.